The summed E-state index contributed by atoms with van der Waals surface area (Å²) in [4.78, 5) is 16.7. The fourth-order valence-corrected chi connectivity index (χ4v) is 3.44. The first kappa shape index (κ1) is 23.0. The van der Waals surface area contributed by atoms with Crippen molar-refractivity contribution in [3.05, 3.63) is 70.0 Å². The van der Waals surface area contributed by atoms with E-state index in [0.29, 0.717) is 42.7 Å². The molecule has 5 nitrogen and oxygen atoms in total. The van der Waals surface area contributed by atoms with E-state index in [0.717, 1.165) is 16.9 Å². The van der Waals surface area contributed by atoms with Crippen LogP contribution in [0.4, 0.5) is 4.39 Å². The molecule has 0 heterocycles. The lowest BCUT2D eigenvalue weighted by Gasteiger charge is -2.13. The third kappa shape index (κ3) is 7.59. The Balaban J connectivity index is 1.90. The standard InChI is InChI=1S/C21H26ClFN4OS/c1-3-24-21(27-13-15-8-9-17(23)12-16(15)14-29-2)26-11-10-25-20(28)18-6-4-5-7-19(18)22/h4-9,12H,3,10-11,13-14H2,1-2H3,(H,25,28)(H2,24,26,27). The van der Waals surface area contributed by atoms with E-state index in [-0.39, 0.29) is 11.7 Å². The molecule has 0 aliphatic carbocycles. The van der Waals surface area contributed by atoms with E-state index < -0.39 is 0 Å². The molecule has 3 N–H and O–H groups in total. The first-order valence-electron chi connectivity index (χ1n) is 9.36. The monoisotopic (exact) mass is 436 g/mol. The molecule has 0 atom stereocenters. The van der Waals surface area contributed by atoms with Gasteiger partial charge in [0.2, 0.25) is 0 Å². The zero-order valence-electron chi connectivity index (χ0n) is 16.6. The van der Waals surface area contributed by atoms with Gasteiger partial charge >= 0.3 is 0 Å². The van der Waals surface area contributed by atoms with Crippen molar-refractivity contribution in [3.8, 4) is 0 Å². The van der Waals surface area contributed by atoms with Gasteiger partial charge in [-0.2, -0.15) is 11.8 Å². The van der Waals surface area contributed by atoms with Crippen molar-refractivity contribution in [2.24, 2.45) is 4.99 Å². The summed E-state index contributed by atoms with van der Waals surface area (Å²) in [6.07, 6.45) is 1.99. The van der Waals surface area contributed by atoms with Gasteiger partial charge < -0.3 is 16.0 Å². The number of aliphatic imine (C=N–C) groups is 1. The zero-order valence-corrected chi connectivity index (χ0v) is 18.2. The number of carbonyl (C=O) groups excluding carboxylic acids is 1. The molecule has 0 unspecified atom stereocenters. The molecule has 29 heavy (non-hydrogen) atoms. The summed E-state index contributed by atoms with van der Waals surface area (Å²) in [5.74, 6) is 0.924. The van der Waals surface area contributed by atoms with Crippen LogP contribution in [0.1, 0.15) is 28.4 Å². The molecule has 0 saturated heterocycles. The lowest BCUT2D eigenvalue weighted by atomic mass is 10.1. The second-order valence-corrected chi connectivity index (χ2v) is 7.48. The summed E-state index contributed by atoms with van der Waals surface area (Å²) in [5.41, 5.74) is 2.39. The predicted octanol–water partition coefficient (Wildman–Crippen LogP) is 3.83. The first-order valence-corrected chi connectivity index (χ1v) is 11.1. The number of benzene rings is 2. The Kier molecular flexibility index (Phi) is 9.80. The van der Waals surface area contributed by atoms with Crippen LogP contribution >= 0.6 is 23.4 Å². The normalized spacial score (nSPS) is 11.2. The number of rotatable bonds is 9. The minimum absolute atomic E-state index is 0.215. The number of thioether (sulfide) groups is 1. The average Bonchev–Trinajstić information content (AvgIpc) is 2.70. The van der Waals surface area contributed by atoms with Crippen molar-refractivity contribution >= 4 is 35.2 Å². The number of amides is 1. The molecule has 2 aromatic carbocycles. The first-order chi connectivity index (χ1) is 14.0. The minimum Gasteiger partial charge on any atom is -0.357 e. The minimum atomic E-state index is -0.235. The van der Waals surface area contributed by atoms with Crippen molar-refractivity contribution < 1.29 is 9.18 Å². The van der Waals surface area contributed by atoms with E-state index in [1.54, 1.807) is 48.2 Å². The summed E-state index contributed by atoms with van der Waals surface area (Å²) in [6.45, 7) is 4.05. The van der Waals surface area contributed by atoms with Gasteiger partial charge in [-0.1, -0.05) is 29.8 Å². The van der Waals surface area contributed by atoms with Crippen LogP contribution in [0, 0.1) is 5.82 Å². The molecule has 8 heteroatoms. The van der Waals surface area contributed by atoms with E-state index in [4.69, 9.17) is 11.6 Å². The van der Waals surface area contributed by atoms with Gasteiger partial charge in [-0.3, -0.25) is 4.79 Å². The Morgan fingerprint density at radius 1 is 1.10 bits per heavy atom. The number of nitrogens with one attached hydrogen (secondary N) is 3. The Labute approximate surface area is 180 Å². The van der Waals surface area contributed by atoms with Gasteiger partial charge in [0.05, 0.1) is 17.1 Å². The van der Waals surface area contributed by atoms with Crippen LogP contribution in [-0.2, 0) is 12.3 Å². The second-order valence-electron chi connectivity index (χ2n) is 6.20. The van der Waals surface area contributed by atoms with Crippen LogP contribution in [0.3, 0.4) is 0 Å². The van der Waals surface area contributed by atoms with E-state index in [1.807, 2.05) is 13.2 Å². The summed E-state index contributed by atoms with van der Waals surface area (Å²) < 4.78 is 13.5. The molecule has 0 aliphatic rings. The van der Waals surface area contributed by atoms with Gasteiger partial charge in [0, 0.05) is 25.4 Å². The van der Waals surface area contributed by atoms with Crippen molar-refractivity contribution in [3.63, 3.8) is 0 Å². The second kappa shape index (κ2) is 12.3. The van der Waals surface area contributed by atoms with Gasteiger partial charge in [0.1, 0.15) is 5.82 Å². The molecular weight excluding hydrogens is 411 g/mol. The maximum atomic E-state index is 13.5. The molecule has 0 aromatic heterocycles. The van der Waals surface area contributed by atoms with Crippen molar-refractivity contribution in [2.45, 2.75) is 19.2 Å². The van der Waals surface area contributed by atoms with Crippen LogP contribution < -0.4 is 16.0 Å². The summed E-state index contributed by atoms with van der Waals surface area (Å²) in [5, 5.41) is 9.61. The number of carbonyl (C=O) groups is 1. The SMILES string of the molecule is CCNC(=NCc1ccc(F)cc1CSC)NCCNC(=O)c1ccccc1Cl. The average molecular weight is 437 g/mol. The molecule has 0 aliphatic heterocycles. The maximum absolute atomic E-state index is 13.5. The van der Waals surface area contributed by atoms with Crippen LogP contribution in [0.25, 0.3) is 0 Å². The quantitative estimate of drug-likeness (QED) is 0.317. The van der Waals surface area contributed by atoms with Gasteiger partial charge in [-0.05, 0) is 48.6 Å². The lowest BCUT2D eigenvalue weighted by Crippen LogP contribution is -2.41. The fraction of sp³-hybridized carbons (Fsp3) is 0.333. The van der Waals surface area contributed by atoms with Gasteiger partial charge in [0.15, 0.2) is 5.96 Å². The molecule has 1 amide bonds. The number of hydrogen-bond donors (Lipinski definition) is 3. The van der Waals surface area contributed by atoms with Crippen molar-refractivity contribution in [1.29, 1.82) is 0 Å². The largest absolute Gasteiger partial charge is 0.357 e. The molecule has 0 saturated carbocycles. The van der Waals surface area contributed by atoms with Gasteiger partial charge in [-0.25, -0.2) is 9.38 Å². The van der Waals surface area contributed by atoms with E-state index in [2.05, 4.69) is 20.9 Å². The predicted molar refractivity (Wildman–Crippen MR) is 120 cm³/mol. The molecule has 0 fully saturated rings. The molecule has 0 radical (unpaired) electrons. The van der Waals surface area contributed by atoms with E-state index in [9.17, 15) is 9.18 Å². The zero-order chi connectivity index (χ0) is 21.1. The number of halogens is 2. The summed E-state index contributed by atoms with van der Waals surface area (Å²) >= 11 is 7.68. The Morgan fingerprint density at radius 2 is 1.86 bits per heavy atom. The van der Waals surface area contributed by atoms with E-state index >= 15 is 0 Å². The Hall–Kier alpha value is -2.25. The number of nitrogens with zero attached hydrogens (tertiary/aromatic N) is 1. The highest BCUT2D eigenvalue weighted by atomic mass is 35.5. The van der Waals surface area contributed by atoms with Crippen molar-refractivity contribution in [2.75, 3.05) is 25.9 Å². The third-order valence-corrected chi connectivity index (χ3v) is 4.97. The molecule has 0 bridgehead atoms. The summed E-state index contributed by atoms with van der Waals surface area (Å²) in [7, 11) is 0. The van der Waals surface area contributed by atoms with Crippen LogP contribution in [0.2, 0.25) is 5.02 Å². The van der Waals surface area contributed by atoms with Crippen LogP contribution in [0.5, 0.6) is 0 Å². The van der Waals surface area contributed by atoms with E-state index in [1.165, 1.54) is 6.07 Å². The van der Waals surface area contributed by atoms with Gasteiger partial charge in [0.25, 0.3) is 5.91 Å². The number of guanidine groups is 1. The Bertz CT molecular complexity index is 847. The highest BCUT2D eigenvalue weighted by Crippen LogP contribution is 2.17. The maximum Gasteiger partial charge on any atom is 0.252 e. The number of hydrogen-bond acceptors (Lipinski definition) is 3. The van der Waals surface area contributed by atoms with Crippen LogP contribution in [0.15, 0.2) is 47.5 Å². The Morgan fingerprint density at radius 3 is 2.59 bits per heavy atom. The molecule has 0 spiro atoms. The lowest BCUT2D eigenvalue weighted by molar-refractivity contribution is 0.0954. The molecule has 156 valence electrons. The summed E-state index contributed by atoms with van der Waals surface area (Å²) in [6, 6.07) is 11.7. The molecule has 2 aromatic rings. The topological polar surface area (TPSA) is 65.5 Å². The molecule has 2 rings (SSSR count). The van der Waals surface area contributed by atoms with Gasteiger partial charge in [-0.15, -0.1) is 0 Å². The molecular formula is C21H26ClFN4OS. The highest BCUT2D eigenvalue weighted by Gasteiger charge is 2.09. The highest BCUT2D eigenvalue weighted by molar-refractivity contribution is 7.97. The smallest absolute Gasteiger partial charge is 0.252 e. The third-order valence-electron chi connectivity index (χ3n) is 4.04. The van der Waals surface area contributed by atoms with Crippen molar-refractivity contribution in [1.82, 2.24) is 16.0 Å². The fourth-order valence-electron chi connectivity index (χ4n) is 2.64. The van der Waals surface area contributed by atoms with Crippen LogP contribution in [-0.4, -0.2) is 37.8 Å².